The Balaban J connectivity index is 2.19. The lowest BCUT2D eigenvalue weighted by Gasteiger charge is -2.32. The number of amides is 2. The van der Waals surface area contributed by atoms with Gasteiger partial charge in [0.15, 0.2) is 10.9 Å². The molecular formula is C16H27N5O4S. The average Bonchev–Trinajstić information content (AvgIpc) is 2.95. The Morgan fingerprint density at radius 3 is 2.50 bits per heavy atom. The van der Waals surface area contributed by atoms with Crippen LogP contribution in [0, 0.1) is 0 Å². The predicted molar refractivity (Wildman–Crippen MR) is 101 cm³/mol. The Bertz CT molecular complexity index is 635. The number of piperazine rings is 1. The number of aliphatic hydroxyl groups excluding tert-OH is 1. The second-order valence-corrected chi connectivity index (χ2v) is 8.05. The van der Waals surface area contributed by atoms with Gasteiger partial charge >= 0.3 is 6.09 Å². The number of anilines is 2. The van der Waals surface area contributed by atoms with Crippen LogP contribution in [0.2, 0.25) is 0 Å². The van der Waals surface area contributed by atoms with Gasteiger partial charge in [-0.2, -0.15) is 0 Å². The van der Waals surface area contributed by atoms with Crippen molar-refractivity contribution in [3.05, 3.63) is 4.88 Å². The molecule has 9 nitrogen and oxygen atoms in total. The van der Waals surface area contributed by atoms with Crippen molar-refractivity contribution in [3.63, 3.8) is 0 Å². The first-order valence-corrected chi connectivity index (χ1v) is 9.34. The Morgan fingerprint density at radius 1 is 1.27 bits per heavy atom. The number of hydrogen-bond donors (Lipinski definition) is 3. The number of ether oxygens (including phenoxy) is 1. The van der Waals surface area contributed by atoms with Crippen LogP contribution in [0.1, 0.15) is 30.4 Å². The van der Waals surface area contributed by atoms with Crippen molar-refractivity contribution in [1.29, 1.82) is 0 Å². The van der Waals surface area contributed by atoms with E-state index >= 15 is 0 Å². The summed E-state index contributed by atoms with van der Waals surface area (Å²) in [4.78, 5) is 33.5. The number of hydrogen-bond acceptors (Lipinski definition) is 8. The fraction of sp³-hybridized carbons (Fsp3) is 0.688. The largest absolute Gasteiger partial charge is 0.444 e. The first-order chi connectivity index (χ1) is 12.2. The second kappa shape index (κ2) is 8.65. The SMILES string of the molecule is CN1CCN(c2nc(NC(=O)OC(C)(C)C)c(C(=O)NCCO)s2)CC1. The van der Waals surface area contributed by atoms with Crippen LogP contribution >= 0.6 is 11.3 Å². The molecule has 26 heavy (non-hydrogen) atoms. The molecule has 0 radical (unpaired) electrons. The van der Waals surface area contributed by atoms with Gasteiger partial charge in [0.25, 0.3) is 5.91 Å². The summed E-state index contributed by atoms with van der Waals surface area (Å²) in [7, 11) is 2.06. The maximum atomic E-state index is 12.4. The second-order valence-electron chi connectivity index (χ2n) is 7.07. The third kappa shape index (κ3) is 5.82. The van der Waals surface area contributed by atoms with Crippen molar-refractivity contribution in [2.75, 3.05) is 56.6 Å². The van der Waals surface area contributed by atoms with Gasteiger partial charge in [0, 0.05) is 32.7 Å². The van der Waals surface area contributed by atoms with Gasteiger partial charge in [0.2, 0.25) is 0 Å². The van der Waals surface area contributed by atoms with E-state index in [1.807, 2.05) is 0 Å². The number of carbonyl (C=O) groups is 2. The van der Waals surface area contributed by atoms with Crippen LogP contribution < -0.4 is 15.5 Å². The van der Waals surface area contributed by atoms with Crippen LogP contribution in [0.3, 0.4) is 0 Å². The summed E-state index contributed by atoms with van der Waals surface area (Å²) in [5.74, 6) is -0.211. The number of nitrogens with one attached hydrogen (secondary N) is 2. The van der Waals surface area contributed by atoms with E-state index in [1.165, 1.54) is 11.3 Å². The van der Waals surface area contributed by atoms with Gasteiger partial charge in [-0.05, 0) is 27.8 Å². The molecule has 0 atom stereocenters. The summed E-state index contributed by atoms with van der Waals surface area (Å²) in [6.45, 7) is 8.66. The van der Waals surface area contributed by atoms with Gasteiger partial charge in [-0.3, -0.25) is 10.1 Å². The van der Waals surface area contributed by atoms with E-state index in [0.717, 1.165) is 26.2 Å². The molecule has 3 N–H and O–H groups in total. The van der Waals surface area contributed by atoms with Crippen LogP contribution in [-0.2, 0) is 4.74 Å². The number of aromatic nitrogens is 1. The number of thiazole rings is 1. The molecule has 1 aromatic rings. The highest BCUT2D eigenvalue weighted by Crippen LogP contribution is 2.31. The van der Waals surface area contributed by atoms with Gasteiger partial charge in [-0.1, -0.05) is 11.3 Å². The molecule has 146 valence electrons. The number of carbonyl (C=O) groups excluding carboxylic acids is 2. The zero-order valence-electron chi connectivity index (χ0n) is 15.7. The monoisotopic (exact) mass is 385 g/mol. The van der Waals surface area contributed by atoms with E-state index in [0.29, 0.717) is 10.0 Å². The molecule has 0 aliphatic carbocycles. The quantitative estimate of drug-likeness (QED) is 0.693. The summed E-state index contributed by atoms with van der Waals surface area (Å²) in [5.41, 5.74) is -0.653. The Hall–Kier alpha value is -1.91. The first kappa shape index (κ1) is 20.4. The van der Waals surface area contributed by atoms with Crippen molar-refractivity contribution >= 4 is 34.3 Å². The topological polar surface area (TPSA) is 107 Å². The minimum Gasteiger partial charge on any atom is -0.444 e. The number of likely N-dealkylation sites (N-methyl/N-ethyl adjacent to an activating group) is 1. The van der Waals surface area contributed by atoms with E-state index < -0.39 is 11.7 Å². The summed E-state index contributed by atoms with van der Waals surface area (Å²) in [6, 6.07) is 0. The van der Waals surface area contributed by atoms with Gasteiger partial charge in [0.1, 0.15) is 10.5 Å². The van der Waals surface area contributed by atoms with E-state index in [1.54, 1.807) is 20.8 Å². The smallest absolute Gasteiger partial charge is 0.413 e. The average molecular weight is 385 g/mol. The maximum Gasteiger partial charge on any atom is 0.413 e. The third-order valence-electron chi connectivity index (χ3n) is 3.61. The summed E-state index contributed by atoms with van der Waals surface area (Å²) < 4.78 is 5.25. The molecule has 10 heteroatoms. The highest BCUT2D eigenvalue weighted by atomic mass is 32.1. The zero-order chi connectivity index (χ0) is 19.3. The molecule has 1 fully saturated rings. The molecule has 0 saturated carbocycles. The summed E-state index contributed by atoms with van der Waals surface area (Å²) in [5, 5.41) is 14.8. The molecule has 0 spiro atoms. The standard InChI is InChI=1S/C16H27N5O4S/c1-16(2,3)25-15(24)19-12-11(13(23)17-5-10-22)26-14(18-12)21-8-6-20(4)7-9-21/h22H,5-10H2,1-4H3,(H,17,23)(H,19,24). The van der Waals surface area contributed by atoms with Crippen molar-refractivity contribution in [2.45, 2.75) is 26.4 Å². The Labute approximate surface area is 157 Å². The van der Waals surface area contributed by atoms with Crippen LogP contribution in [0.25, 0.3) is 0 Å². The Morgan fingerprint density at radius 2 is 1.92 bits per heavy atom. The molecule has 2 rings (SSSR count). The molecule has 2 amide bonds. The van der Waals surface area contributed by atoms with E-state index in [-0.39, 0.29) is 24.9 Å². The lowest BCUT2D eigenvalue weighted by molar-refractivity contribution is 0.0635. The van der Waals surface area contributed by atoms with Gasteiger partial charge in [-0.15, -0.1) is 0 Å². The van der Waals surface area contributed by atoms with Crippen LogP contribution in [0.15, 0.2) is 0 Å². The van der Waals surface area contributed by atoms with E-state index in [2.05, 4.69) is 32.5 Å². The molecule has 0 bridgehead atoms. The van der Waals surface area contributed by atoms with Gasteiger partial charge < -0.3 is 25.0 Å². The maximum absolute atomic E-state index is 12.4. The molecule has 1 aliphatic heterocycles. The van der Waals surface area contributed by atoms with Gasteiger partial charge in [-0.25, -0.2) is 9.78 Å². The molecule has 1 saturated heterocycles. The minimum absolute atomic E-state index is 0.131. The molecule has 1 aliphatic rings. The molecule has 1 aromatic heterocycles. The highest BCUT2D eigenvalue weighted by Gasteiger charge is 2.25. The normalized spacial score (nSPS) is 15.7. The van der Waals surface area contributed by atoms with Crippen molar-refractivity contribution < 1.29 is 19.4 Å². The fourth-order valence-corrected chi connectivity index (χ4v) is 3.32. The highest BCUT2D eigenvalue weighted by molar-refractivity contribution is 7.18. The van der Waals surface area contributed by atoms with E-state index in [9.17, 15) is 9.59 Å². The lowest BCUT2D eigenvalue weighted by Crippen LogP contribution is -2.44. The van der Waals surface area contributed by atoms with Gasteiger partial charge in [0.05, 0.1) is 6.61 Å². The zero-order valence-corrected chi connectivity index (χ0v) is 16.5. The Kier molecular flexibility index (Phi) is 6.79. The fourth-order valence-electron chi connectivity index (χ4n) is 2.33. The van der Waals surface area contributed by atoms with Crippen LogP contribution in [-0.4, -0.2) is 79.0 Å². The minimum atomic E-state index is -0.663. The molecule has 0 aromatic carbocycles. The number of nitrogens with zero attached hydrogens (tertiary/aromatic N) is 3. The molecular weight excluding hydrogens is 358 g/mol. The summed E-state index contributed by atoms with van der Waals surface area (Å²) >= 11 is 1.22. The third-order valence-corrected chi connectivity index (χ3v) is 4.73. The van der Waals surface area contributed by atoms with Crippen molar-refractivity contribution in [2.24, 2.45) is 0 Å². The first-order valence-electron chi connectivity index (χ1n) is 8.53. The molecule has 0 unspecified atom stereocenters. The van der Waals surface area contributed by atoms with Crippen LogP contribution in [0.5, 0.6) is 0 Å². The van der Waals surface area contributed by atoms with Crippen molar-refractivity contribution in [1.82, 2.24) is 15.2 Å². The lowest BCUT2D eigenvalue weighted by atomic mass is 10.2. The van der Waals surface area contributed by atoms with E-state index in [4.69, 9.17) is 9.84 Å². The van der Waals surface area contributed by atoms with Crippen molar-refractivity contribution in [3.8, 4) is 0 Å². The van der Waals surface area contributed by atoms with Crippen LogP contribution in [0.4, 0.5) is 15.7 Å². The number of rotatable bonds is 5. The predicted octanol–water partition coefficient (Wildman–Crippen LogP) is 0.964. The molecule has 2 heterocycles. The number of aliphatic hydroxyl groups is 1. The summed E-state index contributed by atoms with van der Waals surface area (Å²) in [6.07, 6.45) is -0.663.